The molecule has 0 unspecified atom stereocenters. The summed E-state index contributed by atoms with van der Waals surface area (Å²) < 4.78 is 10.9. The van der Waals surface area contributed by atoms with Crippen molar-refractivity contribution in [2.45, 2.75) is 45.3 Å². The summed E-state index contributed by atoms with van der Waals surface area (Å²) in [7, 11) is 0. The zero-order valence-electron chi connectivity index (χ0n) is 14.6. The Morgan fingerprint density at radius 3 is 2.60 bits per heavy atom. The van der Waals surface area contributed by atoms with Crippen molar-refractivity contribution in [1.82, 2.24) is 4.98 Å². The third-order valence-corrected chi connectivity index (χ3v) is 4.06. The number of anilines is 1. The summed E-state index contributed by atoms with van der Waals surface area (Å²) in [5.74, 6) is 0.914. The lowest BCUT2D eigenvalue weighted by Gasteiger charge is -2.18. The molecular formula is C19H22N2O3S. The molecule has 1 aliphatic rings. The molecule has 0 spiro atoms. The number of carbonyl (C=O) groups excluding carboxylic acids is 1. The Labute approximate surface area is 151 Å². The minimum absolute atomic E-state index is 0.410. The molecule has 1 aromatic heterocycles. The zero-order chi connectivity index (χ0) is 17.9. The Balaban J connectivity index is 1.55. The molecule has 0 bridgehead atoms. The van der Waals surface area contributed by atoms with Crippen LogP contribution in [0.25, 0.3) is 12.2 Å². The van der Waals surface area contributed by atoms with Gasteiger partial charge in [-0.2, -0.15) is 0 Å². The Kier molecular flexibility index (Phi) is 5.08. The largest absolute Gasteiger partial charge is 0.490 e. The minimum Gasteiger partial charge on any atom is -0.490 e. The molecule has 2 aromatic rings. The monoisotopic (exact) mass is 358 g/mol. The van der Waals surface area contributed by atoms with Gasteiger partial charge in [0.25, 0.3) is 0 Å². The van der Waals surface area contributed by atoms with Gasteiger partial charge < -0.3 is 9.47 Å². The molecule has 0 atom stereocenters. The number of benzene rings is 1. The van der Waals surface area contributed by atoms with Crippen LogP contribution in [0, 0.1) is 0 Å². The molecule has 3 rings (SSSR count). The fourth-order valence-electron chi connectivity index (χ4n) is 2.03. The lowest BCUT2D eigenvalue weighted by molar-refractivity contribution is 0.0636. The molecule has 1 aromatic carbocycles. The maximum atomic E-state index is 11.7. The molecule has 1 fully saturated rings. The standard InChI is InChI=1S/C19H22N2O3S/c1-19(2,3)24-18(22)21-17-20-14(12-25-17)7-4-13-5-8-15(9-6-13)23-16-10-11-16/h4-9,12,16H,10-11H2,1-3H3,(H,20,21,22). The molecule has 0 aliphatic heterocycles. The Bertz CT molecular complexity index is 756. The summed E-state index contributed by atoms with van der Waals surface area (Å²) in [6, 6.07) is 7.99. The van der Waals surface area contributed by atoms with Crippen molar-refractivity contribution in [3.8, 4) is 5.75 Å². The molecule has 0 radical (unpaired) electrons. The molecule has 6 heteroatoms. The highest BCUT2D eigenvalue weighted by atomic mass is 32.1. The average Bonchev–Trinajstić information content (AvgIpc) is 3.22. The van der Waals surface area contributed by atoms with Crippen LogP contribution in [-0.2, 0) is 4.74 Å². The highest BCUT2D eigenvalue weighted by Crippen LogP contribution is 2.27. The van der Waals surface area contributed by atoms with Crippen LogP contribution >= 0.6 is 11.3 Å². The normalized spacial score (nSPS) is 14.5. The van der Waals surface area contributed by atoms with E-state index in [4.69, 9.17) is 9.47 Å². The van der Waals surface area contributed by atoms with Crippen molar-refractivity contribution in [3.63, 3.8) is 0 Å². The summed E-state index contributed by atoms with van der Waals surface area (Å²) in [6.45, 7) is 5.47. The molecule has 1 N–H and O–H groups in total. The van der Waals surface area contributed by atoms with E-state index in [1.807, 2.05) is 62.6 Å². The summed E-state index contributed by atoms with van der Waals surface area (Å²) in [6.07, 6.45) is 6.12. The number of nitrogens with zero attached hydrogens (tertiary/aromatic N) is 1. The van der Waals surface area contributed by atoms with Crippen LogP contribution in [0.5, 0.6) is 5.75 Å². The molecule has 5 nitrogen and oxygen atoms in total. The molecular weight excluding hydrogens is 336 g/mol. The van der Waals surface area contributed by atoms with E-state index in [0.29, 0.717) is 11.2 Å². The van der Waals surface area contributed by atoms with Crippen LogP contribution in [0.2, 0.25) is 0 Å². The van der Waals surface area contributed by atoms with E-state index >= 15 is 0 Å². The quantitative estimate of drug-likeness (QED) is 0.798. The van der Waals surface area contributed by atoms with Crippen molar-refractivity contribution >= 4 is 34.7 Å². The molecule has 132 valence electrons. The van der Waals surface area contributed by atoms with Crippen LogP contribution in [0.15, 0.2) is 29.6 Å². The van der Waals surface area contributed by atoms with Gasteiger partial charge in [0.1, 0.15) is 11.4 Å². The van der Waals surface area contributed by atoms with E-state index in [2.05, 4.69) is 10.3 Å². The van der Waals surface area contributed by atoms with Crippen molar-refractivity contribution in [1.29, 1.82) is 0 Å². The maximum Gasteiger partial charge on any atom is 0.413 e. The minimum atomic E-state index is -0.528. The van der Waals surface area contributed by atoms with Gasteiger partial charge in [0.2, 0.25) is 0 Å². The van der Waals surface area contributed by atoms with Crippen molar-refractivity contribution < 1.29 is 14.3 Å². The highest BCUT2D eigenvalue weighted by Gasteiger charge is 2.23. The fraction of sp³-hybridized carbons (Fsp3) is 0.368. The first-order valence-corrected chi connectivity index (χ1v) is 9.16. The number of nitrogens with one attached hydrogen (secondary N) is 1. The van der Waals surface area contributed by atoms with Crippen LogP contribution in [0.4, 0.5) is 9.93 Å². The number of aromatic nitrogens is 1. The van der Waals surface area contributed by atoms with Gasteiger partial charge in [-0.25, -0.2) is 9.78 Å². The predicted molar refractivity (Wildman–Crippen MR) is 101 cm³/mol. The number of amides is 1. The number of rotatable bonds is 5. The van der Waals surface area contributed by atoms with Crippen LogP contribution < -0.4 is 10.1 Å². The lowest BCUT2D eigenvalue weighted by atomic mass is 10.2. The summed E-state index contributed by atoms with van der Waals surface area (Å²) in [5.41, 5.74) is 1.33. The Morgan fingerprint density at radius 1 is 1.24 bits per heavy atom. The smallest absolute Gasteiger partial charge is 0.413 e. The van der Waals surface area contributed by atoms with Crippen molar-refractivity contribution in [2.75, 3.05) is 5.32 Å². The predicted octanol–water partition coefficient (Wildman–Crippen LogP) is 5.20. The first kappa shape index (κ1) is 17.5. The first-order chi connectivity index (χ1) is 11.9. The van der Waals surface area contributed by atoms with E-state index in [1.165, 1.54) is 11.3 Å². The van der Waals surface area contributed by atoms with Gasteiger partial charge in [-0.15, -0.1) is 11.3 Å². The van der Waals surface area contributed by atoms with Crippen LogP contribution in [0.3, 0.4) is 0 Å². The number of hydrogen-bond donors (Lipinski definition) is 1. The Morgan fingerprint density at radius 2 is 1.96 bits per heavy atom. The van der Waals surface area contributed by atoms with Gasteiger partial charge in [0, 0.05) is 5.38 Å². The summed E-state index contributed by atoms with van der Waals surface area (Å²) in [4.78, 5) is 16.1. The highest BCUT2D eigenvalue weighted by molar-refractivity contribution is 7.14. The van der Waals surface area contributed by atoms with Crippen molar-refractivity contribution in [2.24, 2.45) is 0 Å². The van der Waals surface area contributed by atoms with E-state index in [0.717, 1.165) is 29.8 Å². The molecule has 25 heavy (non-hydrogen) atoms. The molecule has 1 heterocycles. The number of ether oxygens (including phenoxy) is 2. The molecule has 1 amide bonds. The van der Waals surface area contributed by atoms with Gasteiger partial charge in [-0.3, -0.25) is 5.32 Å². The van der Waals surface area contributed by atoms with Gasteiger partial charge >= 0.3 is 6.09 Å². The van der Waals surface area contributed by atoms with Gasteiger partial charge in [0.15, 0.2) is 5.13 Å². The third kappa shape index (κ3) is 5.90. The van der Waals surface area contributed by atoms with E-state index in [1.54, 1.807) is 0 Å². The SMILES string of the molecule is CC(C)(C)OC(=O)Nc1nc(C=Cc2ccc(OC3CC3)cc2)cs1. The fourth-order valence-corrected chi connectivity index (χ4v) is 2.69. The number of hydrogen-bond acceptors (Lipinski definition) is 5. The number of thiazole rings is 1. The third-order valence-electron chi connectivity index (χ3n) is 3.28. The summed E-state index contributed by atoms with van der Waals surface area (Å²) in [5, 5.41) is 5.04. The Hall–Kier alpha value is -2.34. The molecule has 1 saturated carbocycles. The molecule has 0 saturated heterocycles. The van der Waals surface area contributed by atoms with E-state index in [9.17, 15) is 4.79 Å². The number of carbonyl (C=O) groups is 1. The van der Waals surface area contributed by atoms with Gasteiger partial charge in [-0.05, 0) is 57.4 Å². The summed E-state index contributed by atoms with van der Waals surface area (Å²) >= 11 is 1.36. The van der Waals surface area contributed by atoms with E-state index in [-0.39, 0.29) is 0 Å². The second-order valence-electron chi connectivity index (χ2n) is 6.92. The first-order valence-electron chi connectivity index (χ1n) is 8.28. The maximum absolute atomic E-state index is 11.7. The topological polar surface area (TPSA) is 60.5 Å². The van der Waals surface area contributed by atoms with Crippen LogP contribution in [-0.4, -0.2) is 22.8 Å². The van der Waals surface area contributed by atoms with Crippen LogP contribution in [0.1, 0.15) is 44.9 Å². The van der Waals surface area contributed by atoms with Gasteiger partial charge in [-0.1, -0.05) is 18.2 Å². The van der Waals surface area contributed by atoms with E-state index < -0.39 is 11.7 Å². The van der Waals surface area contributed by atoms with Crippen molar-refractivity contribution in [3.05, 3.63) is 40.9 Å². The molecule has 1 aliphatic carbocycles. The lowest BCUT2D eigenvalue weighted by Crippen LogP contribution is -2.27. The second kappa shape index (κ2) is 7.27. The zero-order valence-corrected chi connectivity index (χ0v) is 15.4. The average molecular weight is 358 g/mol. The van der Waals surface area contributed by atoms with Gasteiger partial charge in [0.05, 0.1) is 11.8 Å². The second-order valence-corrected chi connectivity index (χ2v) is 7.78.